The first-order valence-corrected chi connectivity index (χ1v) is 13.8. The molecule has 1 aromatic heterocycles. The van der Waals surface area contributed by atoms with Crippen LogP contribution >= 0.6 is 0 Å². The molecule has 1 aromatic carbocycles. The van der Waals surface area contributed by atoms with Gasteiger partial charge < -0.3 is 19.3 Å². The maximum atomic E-state index is 13.7. The Hall–Kier alpha value is -2.64. The van der Waals surface area contributed by atoms with Crippen molar-refractivity contribution in [1.29, 1.82) is 0 Å². The van der Waals surface area contributed by atoms with Gasteiger partial charge in [0.25, 0.3) is 0 Å². The summed E-state index contributed by atoms with van der Waals surface area (Å²) in [6, 6.07) is 12.1. The molecule has 0 bridgehead atoms. The number of piperidine rings is 1. The molecule has 36 heavy (non-hydrogen) atoms. The van der Waals surface area contributed by atoms with Crippen molar-refractivity contribution < 1.29 is 14.3 Å². The summed E-state index contributed by atoms with van der Waals surface area (Å²) in [5.41, 5.74) is 0.992. The molecule has 0 aliphatic carbocycles. The Bertz CT molecular complexity index is 994. The number of nitrogens with zero attached hydrogens (tertiary/aromatic N) is 4. The largest absolute Gasteiger partial charge is 0.490 e. The van der Waals surface area contributed by atoms with Crippen molar-refractivity contribution in [2.24, 2.45) is 0 Å². The van der Waals surface area contributed by atoms with Crippen molar-refractivity contribution >= 4 is 5.91 Å². The van der Waals surface area contributed by atoms with Crippen LogP contribution in [-0.2, 0) is 11.3 Å². The van der Waals surface area contributed by atoms with E-state index in [1.54, 1.807) is 6.20 Å². The fourth-order valence-corrected chi connectivity index (χ4v) is 5.71. The Morgan fingerprint density at radius 3 is 2.53 bits per heavy atom. The fraction of sp³-hybridized carbons (Fsp3) is 0.586. The van der Waals surface area contributed by atoms with Gasteiger partial charge in [0.2, 0.25) is 11.8 Å². The number of carbonyl (C=O) groups excluding carboxylic acids is 1. The maximum Gasteiger partial charge on any atom is 0.237 e. The molecule has 0 spiro atoms. The summed E-state index contributed by atoms with van der Waals surface area (Å²) in [5.74, 6) is 2.27. The number of carbonyl (C=O) groups is 1. The summed E-state index contributed by atoms with van der Waals surface area (Å²) >= 11 is 0. The highest BCUT2D eigenvalue weighted by atomic mass is 16.5. The first-order valence-electron chi connectivity index (χ1n) is 13.8. The van der Waals surface area contributed by atoms with Gasteiger partial charge in [-0.1, -0.05) is 18.2 Å². The molecule has 2 fully saturated rings. The lowest BCUT2D eigenvalue weighted by Crippen LogP contribution is -2.51. The number of benzene rings is 1. The van der Waals surface area contributed by atoms with E-state index in [-0.39, 0.29) is 5.91 Å². The van der Waals surface area contributed by atoms with Crippen molar-refractivity contribution in [2.75, 3.05) is 45.9 Å². The van der Waals surface area contributed by atoms with Gasteiger partial charge in [0.15, 0.2) is 11.5 Å². The van der Waals surface area contributed by atoms with Crippen molar-refractivity contribution in [1.82, 2.24) is 19.7 Å². The van der Waals surface area contributed by atoms with Gasteiger partial charge in [-0.2, -0.15) is 0 Å². The first-order chi connectivity index (χ1) is 17.8. The van der Waals surface area contributed by atoms with Gasteiger partial charge in [-0.15, -0.1) is 0 Å². The van der Waals surface area contributed by atoms with Crippen LogP contribution in [0.25, 0.3) is 0 Å². The van der Waals surface area contributed by atoms with E-state index in [9.17, 15) is 4.79 Å². The Balaban J connectivity index is 1.31. The zero-order valence-corrected chi connectivity index (χ0v) is 21.4. The van der Waals surface area contributed by atoms with Crippen LogP contribution < -0.4 is 9.47 Å². The SMILES string of the molecule is O=C(CN1CCCCCOc2ccccc2Oc2ncccc2C1)N1CCCCC1CN1CCCC1. The number of ether oxygens (including phenoxy) is 2. The summed E-state index contributed by atoms with van der Waals surface area (Å²) < 4.78 is 12.3. The van der Waals surface area contributed by atoms with E-state index in [2.05, 4.69) is 25.8 Å². The monoisotopic (exact) mass is 492 g/mol. The second-order valence-electron chi connectivity index (χ2n) is 10.4. The molecular formula is C29H40N4O3. The zero-order chi connectivity index (χ0) is 24.6. The van der Waals surface area contributed by atoms with Crippen LogP contribution in [0.3, 0.4) is 0 Å². The van der Waals surface area contributed by atoms with E-state index in [0.717, 1.165) is 63.1 Å². The summed E-state index contributed by atoms with van der Waals surface area (Å²) in [6.45, 7) is 6.90. The normalized spacial score (nSPS) is 22.2. The van der Waals surface area contributed by atoms with Gasteiger partial charge in [-0.25, -0.2) is 4.98 Å². The van der Waals surface area contributed by atoms with E-state index in [0.29, 0.717) is 37.4 Å². The predicted octanol–water partition coefficient (Wildman–Crippen LogP) is 4.72. The third-order valence-corrected chi connectivity index (χ3v) is 7.65. The Morgan fingerprint density at radius 1 is 0.861 bits per heavy atom. The van der Waals surface area contributed by atoms with Crippen LogP contribution in [0.2, 0.25) is 0 Å². The molecule has 2 aromatic rings. The van der Waals surface area contributed by atoms with Crippen molar-refractivity contribution in [3.8, 4) is 17.4 Å². The molecule has 1 atom stereocenters. The predicted molar refractivity (Wildman–Crippen MR) is 140 cm³/mol. The third kappa shape index (κ3) is 6.56. The van der Waals surface area contributed by atoms with E-state index in [1.807, 2.05) is 30.3 Å². The second-order valence-corrected chi connectivity index (χ2v) is 10.4. The average Bonchev–Trinajstić information content (AvgIpc) is 3.41. The van der Waals surface area contributed by atoms with Crippen LogP contribution in [0.4, 0.5) is 0 Å². The number of hydrogen-bond donors (Lipinski definition) is 0. The topological polar surface area (TPSA) is 58.1 Å². The smallest absolute Gasteiger partial charge is 0.237 e. The summed E-state index contributed by atoms with van der Waals surface area (Å²) in [7, 11) is 0. The molecule has 0 N–H and O–H groups in total. The van der Waals surface area contributed by atoms with E-state index in [4.69, 9.17) is 9.47 Å². The maximum absolute atomic E-state index is 13.7. The van der Waals surface area contributed by atoms with Crippen molar-refractivity contribution in [2.45, 2.75) is 64.0 Å². The molecule has 7 nitrogen and oxygen atoms in total. The minimum absolute atomic E-state index is 0.267. The van der Waals surface area contributed by atoms with Crippen molar-refractivity contribution in [3.05, 3.63) is 48.2 Å². The molecule has 1 unspecified atom stereocenters. The van der Waals surface area contributed by atoms with Gasteiger partial charge in [0.1, 0.15) is 0 Å². The molecule has 1 amide bonds. The number of para-hydroxylation sites is 2. The molecule has 3 aliphatic rings. The number of rotatable bonds is 4. The highest BCUT2D eigenvalue weighted by molar-refractivity contribution is 5.78. The number of aromatic nitrogens is 1. The molecule has 2 saturated heterocycles. The van der Waals surface area contributed by atoms with Gasteiger partial charge in [0, 0.05) is 37.4 Å². The number of likely N-dealkylation sites (tertiary alicyclic amines) is 2. The quantitative estimate of drug-likeness (QED) is 0.616. The van der Waals surface area contributed by atoms with Crippen LogP contribution in [-0.4, -0.2) is 77.5 Å². The summed E-state index contributed by atoms with van der Waals surface area (Å²) in [5, 5.41) is 0. The van der Waals surface area contributed by atoms with Crippen LogP contribution in [0.5, 0.6) is 17.4 Å². The van der Waals surface area contributed by atoms with Crippen LogP contribution in [0, 0.1) is 0 Å². The van der Waals surface area contributed by atoms with Crippen LogP contribution in [0.1, 0.15) is 56.9 Å². The molecule has 7 heteroatoms. The molecule has 194 valence electrons. The zero-order valence-electron chi connectivity index (χ0n) is 21.4. The first kappa shape index (κ1) is 25.0. The Morgan fingerprint density at radius 2 is 1.64 bits per heavy atom. The molecule has 0 saturated carbocycles. The van der Waals surface area contributed by atoms with E-state index < -0.39 is 0 Å². The Labute approximate surface area is 215 Å². The minimum atomic E-state index is 0.267. The number of hydrogen-bond acceptors (Lipinski definition) is 6. The lowest BCUT2D eigenvalue weighted by molar-refractivity contribution is -0.136. The summed E-state index contributed by atoms with van der Waals surface area (Å²) in [4.78, 5) is 25.2. The standard InChI is InChI=1S/C29H40N4O3/c34-28(33-19-6-4-12-25(33)22-31-16-7-8-17-31)23-32-18-5-1-9-20-35-26-13-2-3-14-27(26)36-29-24(21-32)11-10-15-30-29/h2-3,10-11,13-15,25H,1,4-9,12,16-23H2. The summed E-state index contributed by atoms with van der Waals surface area (Å²) in [6.07, 6.45) is 10.9. The van der Waals surface area contributed by atoms with Gasteiger partial charge in [-0.05, 0) is 89.2 Å². The van der Waals surface area contributed by atoms with Gasteiger partial charge in [0.05, 0.1) is 13.2 Å². The van der Waals surface area contributed by atoms with Gasteiger partial charge >= 0.3 is 0 Å². The molecule has 4 heterocycles. The fourth-order valence-electron chi connectivity index (χ4n) is 5.71. The molecule has 0 radical (unpaired) electrons. The number of amides is 1. The third-order valence-electron chi connectivity index (χ3n) is 7.65. The number of pyridine rings is 1. The Kier molecular flexibility index (Phi) is 8.72. The lowest BCUT2D eigenvalue weighted by atomic mass is 10.0. The van der Waals surface area contributed by atoms with E-state index in [1.165, 1.54) is 32.4 Å². The van der Waals surface area contributed by atoms with E-state index >= 15 is 0 Å². The molecular weight excluding hydrogens is 452 g/mol. The molecule has 5 rings (SSSR count). The highest BCUT2D eigenvalue weighted by Crippen LogP contribution is 2.33. The molecule has 3 aliphatic heterocycles. The highest BCUT2D eigenvalue weighted by Gasteiger charge is 2.30. The van der Waals surface area contributed by atoms with Crippen LogP contribution in [0.15, 0.2) is 42.6 Å². The average molecular weight is 493 g/mol. The van der Waals surface area contributed by atoms with Gasteiger partial charge in [-0.3, -0.25) is 9.69 Å². The lowest BCUT2D eigenvalue weighted by Gasteiger charge is -2.39. The number of fused-ring (bicyclic) bond motifs is 2. The second kappa shape index (κ2) is 12.5. The van der Waals surface area contributed by atoms with Crippen molar-refractivity contribution in [3.63, 3.8) is 0 Å². The minimum Gasteiger partial charge on any atom is -0.490 e.